The molecule has 5 heteroatoms. The molecule has 0 unspecified atom stereocenters. The Morgan fingerprint density at radius 2 is 0.860 bits per heavy atom. The van der Waals surface area contributed by atoms with Gasteiger partial charge in [-0.1, -0.05) is 78.9 Å². The molecule has 0 bridgehead atoms. The van der Waals surface area contributed by atoms with Crippen LogP contribution in [0.4, 0.5) is 0 Å². The van der Waals surface area contributed by atoms with Gasteiger partial charge in [-0.3, -0.25) is 0 Å². The zero-order valence-electron chi connectivity index (χ0n) is 26.7. The molecule has 0 N–H and O–H groups in total. The molecular formula is C45H25N5. The highest BCUT2D eigenvalue weighted by atomic mass is 15.0. The Morgan fingerprint density at radius 1 is 0.360 bits per heavy atom. The van der Waals surface area contributed by atoms with Crippen LogP contribution in [0.5, 0.6) is 0 Å². The summed E-state index contributed by atoms with van der Waals surface area (Å²) in [7, 11) is 0. The number of para-hydroxylation sites is 2. The minimum Gasteiger partial charge on any atom is -0.309 e. The van der Waals surface area contributed by atoms with E-state index in [9.17, 15) is 15.8 Å². The predicted octanol–water partition coefficient (Wildman–Crippen LogP) is 10.8. The van der Waals surface area contributed by atoms with E-state index in [2.05, 4.69) is 100 Å². The van der Waals surface area contributed by atoms with Gasteiger partial charge in [-0.05, 0) is 89.5 Å². The van der Waals surface area contributed by atoms with Crippen molar-refractivity contribution in [2.75, 3.05) is 0 Å². The predicted molar refractivity (Wildman–Crippen MR) is 200 cm³/mol. The van der Waals surface area contributed by atoms with Gasteiger partial charge in [0.1, 0.15) is 0 Å². The van der Waals surface area contributed by atoms with E-state index in [-0.39, 0.29) is 0 Å². The van der Waals surface area contributed by atoms with E-state index in [1.807, 2.05) is 78.9 Å². The average Bonchev–Trinajstić information content (AvgIpc) is 3.69. The van der Waals surface area contributed by atoms with E-state index in [4.69, 9.17) is 0 Å². The number of nitrogens with zero attached hydrogens (tertiary/aromatic N) is 5. The molecule has 2 aromatic heterocycles. The standard InChI is InChI=1S/C45H25N5/c46-26-29-10-21-43(50-42-8-4-1-5-36(42)38-20-9-31(28-48)25-45(38)50)39(23-29)34-14-12-32(13-15-34)33-16-18-35(19-17-33)49-41-7-3-2-6-37(41)40-24-30(27-47)11-22-44(40)49/h1-25H. The first-order valence-corrected chi connectivity index (χ1v) is 16.3. The third-order valence-corrected chi connectivity index (χ3v) is 9.63. The number of aromatic nitrogens is 2. The minimum absolute atomic E-state index is 0.579. The molecule has 5 nitrogen and oxygen atoms in total. The van der Waals surface area contributed by atoms with Gasteiger partial charge in [-0.15, -0.1) is 0 Å². The Balaban J connectivity index is 1.13. The van der Waals surface area contributed by atoms with E-state index < -0.39 is 0 Å². The molecule has 0 atom stereocenters. The monoisotopic (exact) mass is 635 g/mol. The summed E-state index contributed by atoms with van der Waals surface area (Å²) in [6, 6.07) is 57.9. The van der Waals surface area contributed by atoms with Gasteiger partial charge < -0.3 is 9.13 Å². The van der Waals surface area contributed by atoms with Gasteiger partial charge in [-0.2, -0.15) is 15.8 Å². The molecule has 230 valence electrons. The minimum atomic E-state index is 0.579. The van der Waals surface area contributed by atoms with Gasteiger partial charge in [0.15, 0.2) is 0 Å². The van der Waals surface area contributed by atoms with Crippen molar-refractivity contribution in [3.63, 3.8) is 0 Å². The Bertz CT molecular complexity index is 2940. The van der Waals surface area contributed by atoms with Crippen molar-refractivity contribution in [1.82, 2.24) is 9.13 Å². The molecule has 9 rings (SSSR count). The van der Waals surface area contributed by atoms with Crippen molar-refractivity contribution in [2.24, 2.45) is 0 Å². The highest BCUT2D eigenvalue weighted by Gasteiger charge is 2.17. The van der Waals surface area contributed by atoms with Gasteiger partial charge in [0, 0.05) is 32.8 Å². The van der Waals surface area contributed by atoms with Crippen molar-refractivity contribution >= 4 is 43.6 Å². The quantitative estimate of drug-likeness (QED) is 0.193. The maximum atomic E-state index is 9.86. The maximum absolute atomic E-state index is 9.86. The second kappa shape index (κ2) is 11.4. The Kier molecular flexibility index (Phi) is 6.56. The molecule has 0 saturated heterocycles. The van der Waals surface area contributed by atoms with Crippen LogP contribution in [-0.4, -0.2) is 9.13 Å². The molecule has 0 aliphatic carbocycles. The zero-order chi connectivity index (χ0) is 33.8. The van der Waals surface area contributed by atoms with E-state index in [1.54, 1.807) is 0 Å². The first-order valence-electron chi connectivity index (χ1n) is 16.3. The normalized spacial score (nSPS) is 11.1. The molecule has 0 saturated carbocycles. The van der Waals surface area contributed by atoms with Crippen LogP contribution in [0.2, 0.25) is 0 Å². The highest BCUT2D eigenvalue weighted by molar-refractivity contribution is 6.11. The first-order chi connectivity index (χ1) is 24.6. The summed E-state index contributed by atoms with van der Waals surface area (Å²) in [5.74, 6) is 0. The second-order valence-corrected chi connectivity index (χ2v) is 12.4. The smallest absolute Gasteiger partial charge is 0.0992 e. The summed E-state index contributed by atoms with van der Waals surface area (Å²) >= 11 is 0. The van der Waals surface area contributed by atoms with Gasteiger partial charge >= 0.3 is 0 Å². The van der Waals surface area contributed by atoms with E-state index in [1.165, 1.54) is 0 Å². The van der Waals surface area contributed by atoms with Gasteiger partial charge in [0.2, 0.25) is 0 Å². The van der Waals surface area contributed by atoms with Crippen molar-refractivity contribution in [2.45, 2.75) is 0 Å². The zero-order valence-corrected chi connectivity index (χ0v) is 26.7. The summed E-state index contributed by atoms with van der Waals surface area (Å²) < 4.78 is 4.45. The molecule has 9 aromatic rings. The topological polar surface area (TPSA) is 81.2 Å². The van der Waals surface area contributed by atoms with Crippen molar-refractivity contribution in [3.05, 3.63) is 168 Å². The number of nitriles is 3. The number of rotatable bonds is 4. The molecular weight excluding hydrogens is 611 g/mol. The van der Waals surface area contributed by atoms with Crippen LogP contribution in [-0.2, 0) is 0 Å². The number of hydrogen-bond donors (Lipinski definition) is 0. The van der Waals surface area contributed by atoms with E-state index in [0.29, 0.717) is 16.7 Å². The van der Waals surface area contributed by atoms with Crippen LogP contribution < -0.4 is 0 Å². The average molecular weight is 636 g/mol. The Hall–Kier alpha value is -7.39. The molecule has 0 aliphatic rings. The van der Waals surface area contributed by atoms with E-state index in [0.717, 1.165) is 77.2 Å². The molecule has 50 heavy (non-hydrogen) atoms. The summed E-state index contributed by atoms with van der Waals surface area (Å²) in [5, 5.41) is 33.4. The Morgan fingerprint density at radius 3 is 1.56 bits per heavy atom. The lowest BCUT2D eigenvalue weighted by atomic mass is 9.97. The van der Waals surface area contributed by atoms with Crippen molar-refractivity contribution in [1.29, 1.82) is 15.8 Å². The first kappa shape index (κ1) is 28.8. The lowest BCUT2D eigenvalue weighted by Crippen LogP contribution is -1.98. The summed E-state index contributed by atoms with van der Waals surface area (Å²) in [4.78, 5) is 0. The molecule has 2 heterocycles. The van der Waals surface area contributed by atoms with Crippen LogP contribution >= 0.6 is 0 Å². The number of fused-ring (bicyclic) bond motifs is 6. The molecule has 0 radical (unpaired) electrons. The SMILES string of the molecule is N#Cc1ccc(-n2c3ccccc3c3ccc(C#N)cc32)c(-c2ccc(-c3ccc(-n4c5ccccc5c5cc(C#N)ccc54)cc3)cc2)c1. The number of hydrogen-bond acceptors (Lipinski definition) is 3. The van der Waals surface area contributed by atoms with Crippen LogP contribution in [0.15, 0.2) is 152 Å². The van der Waals surface area contributed by atoms with Crippen LogP contribution in [0.3, 0.4) is 0 Å². The number of benzene rings is 7. The highest BCUT2D eigenvalue weighted by Crippen LogP contribution is 2.38. The van der Waals surface area contributed by atoms with Gasteiger partial charge in [0.25, 0.3) is 0 Å². The lowest BCUT2D eigenvalue weighted by Gasteiger charge is -2.15. The fourth-order valence-corrected chi connectivity index (χ4v) is 7.30. The van der Waals surface area contributed by atoms with Crippen LogP contribution in [0.25, 0.3) is 77.2 Å². The summed E-state index contributed by atoms with van der Waals surface area (Å²) in [5.41, 5.74) is 12.0. The second-order valence-electron chi connectivity index (χ2n) is 12.4. The largest absolute Gasteiger partial charge is 0.309 e. The molecule has 0 spiro atoms. The van der Waals surface area contributed by atoms with Crippen LogP contribution in [0, 0.1) is 34.0 Å². The summed E-state index contributed by atoms with van der Waals surface area (Å²) in [6.07, 6.45) is 0. The van der Waals surface area contributed by atoms with Gasteiger partial charge in [0.05, 0.1) is 62.7 Å². The van der Waals surface area contributed by atoms with E-state index >= 15 is 0 Å². The van der Waals surface area contributed by atoms with Gasteiger partial charge in [-0.25, -0.2) is 0 Å². The third-order valence-electron chi connectivity index (χ3n) is 9.63. The molecule has 0 amide bonds. The van der Waals surface area contributed by atoms with Crippen molar-refractivity contribution in [3.8, 4) is 51.8 Å². The molecule has 7 aromatic carbocycles. The lowest BCUT2D eigenvalue weighted by molar-refractivity contribution is 1.18. The Labute approximate surface area is 287 Å². The fraction of sp³-hybridized carbons (Fsp3) is 0. The molecule has 0 aliphatic heterocycles. The van der Waals surface area contributed by atoms with Crippen molar-refractivity contribution < 1.29 is 0 Å². The summed E-state index contributed by atoms with van der Waals surface area (Å²) in [6.45, 7) is 0. The third kappa shape index (κ3) is 4.45. The fourth-order valence-electron chi connectivity index (χ4n) is 7.30. The van der Waals surface area contributed by atoms with Crippen LogP contribution in [0.1, 0.15) is 16.7 Å². The molecule has 0 fully saturated rings. The maximum Gasteiger partial charge on any atom is 0.0992 e.